The Balaban J connectivity index is 2.23. The number of likely N-dealkylation sites (tertiary alicyclic amines) is 1. The van der Waals surface area contributed by atoms with Crippen LogP contribution >= 0.6 is 0 Å². The van der Waals surface area contributed by atoms with E-state index < -0.39 is 9.84 Å². The summed E-state index contributed by atoms with van der Waals surface area (Å²) in [7, 11) is -2.93. The molecule has 6 nitrogen and oxygen atoms in total. The number of sulfone groups is 1. The molecule has 0 amide bonds. The molecule has 7 heteroatoms. The minimum atomic E-state index is -2.93. The summed E-state index contributed by atoms with van der Waals surface area (Å²) in [5, 5.41) is 3.26. The molecule has 1 N–H and O–H groups in total. The number of rotatable bonds is 7. The van der Waals surface area contributed by atoms with Gasteiger partial charge in [-0.15, -0.1) is 0 Å². The van der Waals surface area contributed by atoms with E-state index in [9.17, 15) is 8.42 Å². The molecule has 0 aliphatic carbocycles. The first kappa shape index (κ1) is 16.2. The lowest BCUT2D eigenvalue weighted by Gasteiger charge is -2.20. The largest absolute Gasteiger partial charge is 0.378 e. The second kappa shape index (κ2) is 8.37. The van der Waals surface area contributed by atoms with E-state index in [1.807, 2.05) is 6.92 Å². The van der Waals surface area contributed by atoms with Gasteiger partial charge in [-0.3, -0.25) is 4.99 Å². The number of nitrogens with one attached hydrogen (secondary N) is 1. The molecular weight excluding hydrogens is 266 g/mol. The molecule has 0 aromatic heterocycles. The maximum Gasteiger partial charge on any atom is 0.193 e. The molecular formula is C12H25N3O3S. The highest BCUT2D eigenvalue weighted by Gasteiger charge is 2.14. The SMILES string of the molecule is CCNC(=NCCOCCS(C)(=O)=O)N1CCCC1. The van der Waals surface area contributed by atoms with Gasteiger partial charge in [0.25, 0.3) is 0 Å². The van der Waals surface area contributed by atoms with Gasteiger partial charge >= 0.3 is 0 Å². The number of hydrogen-bond donors (Lipinski definition) is 1. The van der Waals surface area contributed by atoms with Gasteiger partial charge in [-0.25, -0.2) is 8.42 Å². The zero-order valence-corrected chi connectivity index (χ0v) is 12.7. The molecule has 1 aliphatic rings. The summed E-state index contributed by atoms with van der Waals surface area (Å²) < 4.78 is 27.1. The van der Waals surface area contributed by atoms with Gasteiger partial charge in [0, 0.05) is 25.9 Å². The maximum atomic E-state index is 10.9. The van der Waals surface area contributed by atoms with E-state index in [2.05, 4.69) is 15.2 Å². The van der Waals surface area contributed by atoms with Crippen LogP contribution in [-0.4, -0.2) is 70.7 Å². The number of aliphatic imine (C=N–C) groups is 1. The lowest BCUT2D eigenvalue weighted by Crippen LogP contribution is -2.39. The van der Waals surface area contributed by atoms with E-state index >= 15 is 0 Å². The van der Waals surface area contributed by atoms with Crippen LogP contribution in [0.2, 0.25) is 0 Å². The molecule has 0 unspecified atom stereocenters. The Morgan fingerprint density at radius 3 is 2.58 bits per heavy atom. The van der Waals surface area contributed by atoms with Gasteiger partial charge in [-0.05, 0) is 19.8 Å². The van der Waals surface area contributed by atoms with Crippen molar-refractivity contribution in [3.63, 3.8) is 0 Å². The monoisotopic (exact) mass is 291 g/mol. The van der Waals surface area contributed by atoms with Crippen molar-refractivity contribution in [2.24, 2.45) is 4.99 Å². The number of hydrogen-bond acceptors (Lipinski definition) is 4. The van der Waals surface area contributed by atoms with Crippen molar-refractivity contribution in [1.82, 2.24) is 10.2 Å². The minimum Gasteiger partial charge on any atom is -0.378 e. The van der Waals surface area contributed by atoms with Crippen molar-refractivity contribution < 1.29 is 13.2 Å². The molecule has 0 spiro atoms. The summed E-state index contributed by atoms with van der Waals surface area (Å²) in [6.45, 7) is 6.27. The second-order valence-electron chi connectivity index (χ2n) is 4.67. The van der Waals surface area contributed by atoms with Crippen molar-refractivity contribution in [2.75, 3.05) is 51.4 Å². The molecule has 0 bridgehead atoms. The average Bonchev–Trinajstić information content (AvgIpc) is 2.84. The number of nitrogens with zero attached hydrogens (tertiary/aromatic N) is 2. The Labute approximate surface area is 116 Å². The molecule has 1 rings (SSSR count). The third-order valence-electron chi connectivity index (χ3n) is 2.84. The van der Waals surface area contributed by atoms with E-state index in [0.717, 1.165) is 25.6 Å². The molecule has 0 atom stereocenters. The maximum absolute atomic E-state index is 10.9. The van der Waals surface area contributed by atoms with E-state index in [-0.39, 0.29) is 12.4 Å². The predicted molar refractivity (Wildman–Crippen MR) is 77.3 cm³/mol. The number of guanidine groups is 1. The van der Waals surface area contributed by atoms with Crippen LogP contribution in [0.25, 0.3) is 0 Å². The molecule has 19 heavy (non-hydrogen) atoms. The van der Waals surface area contributed by atoms with Crippen LogP contribution in [0, 0.1) is 0 Å². The van der Waals surface area contributed by atoms with Crippen molar-refractivity contribution in [1.29, 1.82) is 0 Å². The van der Waals surface area contributed by atoms with Gasteiger partial charge in [-0.1, -0.05) is 0 Å². The molecule has 1 heterocycles. The first-order valence-electron chi connectivity index (χ1n) is 6.81. The Hall–Kier alpha value is -0.820. The van der Waals surface area contributed by atoms with Gasteiger partial charge in [0.05, 0.1) is 25.5 Å². The molecule has 1 fully saturated rings. The third-order valence-corrected chi connectivity index (χ3v) is 3.74. The Kier molecular flexibility index (Phi) is 7.15. The zero-order chi connectivity index (χ0) is 14.1. The number of ether oxygens (including phenoxy) is 1. The molecule has 112 valence electrons. The highest BCUT2D eigenvalue weighted by Crippen LogP contribution is 2.07. The van der Waals surface area contributed by atoms with Gasteiger partial charge in [0.15, 0.2) is 5.96 Å². The van der Waals surface area contributed by atoms with Crippen molar-refractivity contribution in [3.05, 3.63) is 0 Å². The Bertz CT molecular complexity index is 376. The topological polar surface area (TPSA) is 71.0 Å². The molecule has 0 aromatic carbocycles. The van der Waals surface area contributed by atoms with Crippen LogP contribution in [0.1, 0.15) is 19.8 Å². The molecule has 0 aromatic rings. The van der Waals surface area contributed by atoms with Crippen molar-refractivity contribution >= 4 is 15.8 Å². The fraction of sp³-hybridized carbons (Fsp3) is 0.917. The van der Waals surface area contributed by atoms with Crippen molar-refractivity contribution in [3.8, 4) is 0 Å². The van der Waals surface area contributed by atoms with Gasteiger partial charge in [-0.2, -0.15) is 0 Å². The van der Waals surface area contributed by atoms with Gasteiger partial charge in [0.2, 0.25) is 0 Å². The third kappa shape index (κ3) is 7.37. The Morgan fingerprint density at radius 2 is 2.00 bits per heavy atom. The average molecular weight is 291 g/mol. The first-order valence-corrected chi connectivity index (χ1v) is 8.87. The summed E-state index contributed by atoms with van der Waals surface area (Å²) in [6.07, 6.45) is 3.65. The highest BCUT2D eigenvalue weighted by molar-refractivity contribution is 7.90. The standard InChI is InChI=1S/C12H25N3O3S/c1-3-13-12(15-7-4-5-8-15)14-6-9-18-10-11-19(2,16)17/h3-11H2,1-2H3,(H,13,14). The lowest BCUT2D eigenvalue weighted by atomic mass is 10.4. The van der Waals surface area contributed by atoms with E-state index in [1.165, 1.54) is 19.1 Å². The van der Waals surface area contributed by atoms with Crippen LogP contribution < -0.4 is 5.32 Å². The summed E-state index contributed by atoms with van der Waals surface area (Å²) in [4.78, 5) is 6.74. The molecule has 0 radical (unpaired) electrons. The van der Waals surface area contributed by atoms with Crippen LogP contribution in [0.4, 0.5) is 0 Å². The zero-order valence-electron chi connectivity index (χ0n) is 11.9. The molecule has 1 saturated heterocycles. The fourth-order valence-corrected chi connectivity index (χ4v) is 2.30. The predicted octanol–water partition coefficient (Wildman–Crippen LogP) is 0.109. The van der Waals surface area contributed by atoms with Crippen molar-refractivity contribution in [2.45, 2.75) is 19.8 Å². The molecule has 0 saturated carbocycles. The van der Waals surface area contributed by atoms with E-state index in [4.69, 9.17) is 4.74 Å². The van der Waals surface area contributed by atoms with E-state index in [1.54, 1.807) is 0 Å². The summed E-state index contributed by atoms with van der Waals surface area (Å²) in [5.41, 5.74) is 0. The van der Waals surface area contributed by atoms with E-state index in [0.29, 0.717) is 13.2 Å². The van der Waals surface area contributed by atoms with Crippen LogP contribution in [0.3, 0.4) is 0 Å². The summed E-state index contributed by atoms with van der Waals surface area (Å²) >= 11 is 0. The first-order chi connectivity index (χ1) is 9.03. The lowest BCUT2D eigenvalue weighted by molar-refractivity contribution is 0.157. The summed E-state index contributed by atoms with van der Waals surface area (Å²) in [6, 6.07) is 0. The summed E-state index contributed by atoms with van der Waals surface area (Å²) in [5.74, 6) is 1.01. The minimum absolute atomic E-state index is 0.0723. The molecule has 1 aliphatic heterocycles. The fourth-order valence-electron chi connectivity index (χ4n) is 1.88. The van der Waals surface area contributed by atoms with Crippen LogP contribution in [0.5, 0.6) is 0 Å². The van der Waals surface area contributed by atoms with Crippen LogP contribution in [0.15, 0.2) is 4.99 Å². The second-order valence-corrected chi connectivity index (χ2v) is 6.93. The highest BCUT2D eigenvalue weighted by atomic mass is 32.2. The van der Waals surface area contributed by atoms with Crippen LogP contribution in [-0.2, 0) is 14.6 Å². The Morgan fingerprint density at radius 1 is 1.32 bits per heavy atom. The smallest absolute Gasteiger partial charge is 0.193 e. The quantitative estimate of drug-likeness (QED) is 0.409. The van der Waals surface area contributed by atoms with Gasteiger partial charge < -0.3 is 15.0 Å². The normalized spacial score (nSPS) is 16.9. The van der Waals surface area contributed by atoms with Gasteiger partial charge in [0.1, 0.15) is 9.84 Å².